The Bertz CT molecular complexity index is 1070. The van der Waals surface area contributed by atoms with E-state index in [4.69, 9.17) is 4.74 Å². The summed E-state index contributed by atoms with van der Waals surface area (Å²) in [6.07, 6.45) is 5.44. The molecule has 1 aromatic carbocycles. The Hall–Kier alpha value is -3.16. The number of carbonyl (C=O) groups is 1. The van der Waals surface area contributed by atoms with Crippen LogP contribution >= 0.6 is 0 Å². The van der Waals surface area contributed by atoms with Crippen molar-refractivity contribution in [1.82, 2.24) is 24.5 Å². The highest BCUT2D eigenvalue weighted by Crippen LogP contribution is 2.15. The Labute approximate surface area is 182 Å². The fraction of sp³-hybridized carbons (Fsp3) is 0.478. The van der Waals surface area contributed by atoms with Crippen molar-refractivity contribution in [2.24, 2.45) is 11.8 Å². The van der Waals surface area contributed by atoms with Gasteiger partial charge in [0, 0.05) is 37.5 Å². The van der Waals surface area contributed by atoms with Crippen LogP contribution in [0.4, 0.5) is 0 Å². The number of amides is 1. The van der Waals surface area contributed by atoms with Gasteiger partial charge in [0.05, 0.1) is 6.61 Å². The molecule has 0 aliphatic carbocycles. The van der Waals surface area contributed by atoms with Gasteiger partial charge in [-0.3, -0.25) is 18.6 Å². The van der Waals surface area contributed by atoms with Crippen molar-refractivity contribution in [3.63, 3.8) is 0 Å². The maximum Gasteiger partial charge on any atom is 0.300 e. The smallest absolute Gasteiger partial charge is 0.300 e. The minimum Gasteiger partial charge on any atom is -0.494 e. The van der Waals surface area contributed by atoms with Gasteiger partial charge in [-0.05, 0) is 49.4 Å². The molecule has 0 bridgehead atoms. The molecule has 0 aliphatic heterocycles. The maximum absolute atomic E-state index is 12.9. The summed E-state index contributed by atoms with van der Waals surface area (Å²) in [7, 11) is 0. The van der Waals surface area contributed by atoms with Gasteiger partial charge in [0.15, 0.2) is 0 Å². The van der Waals surface area contributed by atoms with E-state index in [2.05, 4.69) is 29.4 Å². The molecular weight excluding hydrogens is 394 g/mol. The Morgan fingerprint density at radius 1 is 1.13 bits per heavy atom. The quantitative estimate of drug-likeness (QED) is 0.539. The second kappa shape index (κ2) is 10.2. The monoisotopic (exact) mass is 425 g/mol. The molecule has 8 heteroatoms. The first-order chi connectivity index (χ1) is 14.9. The van der Waals surface area contributed by atoms with E-state index < -0.39 is 0 Å². The molecule has 0 radical (unpaired) electrons. The third-order valence-electron chi connectivity index (χ3n) is 5.08. The molecule has 0 saturated carbocycles. The fourth-order valence-corrected chi connectivity index (χ4v) is 3.42. The lowest BCUT2D eigenvalue weighted by molar-refractivity contribution is -0.121. The van der Waals surface area contributed by atoms with Gasteiger partial charge in [-0.25, -0.2) is 0 Å². The molecule has 1 N–H and O–H groups in total. The summed E-state index contributed by atoms with van der Waals surface area (Å²) in [6, 6.07) is 7.33. The van der Waals surface area contributed by atoms with Gasteiger partial charge in [-0.1, -0.05) is 20.8 Å². The predicted octanol–water partition coefficient (Wildman–Crippen LogP) is 3.01. The van der Waals surface area contributed by atoms with Gasteiger partial charge >= 0.3 is 5.56 Å². The van der Waals surface area contributed by atoms with Crippen molar-refractivity contribution < 1.29 is 9.53 Å². The molecular formula is C23H31N5O3. The molecule has 3 rings (SSSR count). The lowest BCUT2D eigenvalue weighted by Crippen LogP contribution is -2.27. The van der Waals surface area contributed by atoms with E-state index in [1.807, 2.05) is 38.1 Å². The van der Waals surface area contributed by atoms with Crippen LogP contribution in [0.25, 0.3) is 11.3 Å². The van der Waals surface area contributed by atoms with Gasteiger partial charge < -0.3 is 10.1 Å². The Kier molecular flexibility index (Phi) is 7.44. The highest BCUT2D eigenvalue weighted by atomic mass is 16.5. The number of rotatable bonds is 10. The summed E-state index contributed by atoms with van der Waals surface area (Å²) in [4.78, 5) is 25.1. The minimum atomic E-state index is -0.246. The lowest BCUT2D eigenvalue weighted by atomic mass is 10.0. The fourth-order valence-electron chi connectivity index (χ4n) is 3.42. The molecule has 166 valence electrons. The van der Waals surface area contributed by atoms with E-state index in [0.717, 1.165) is 17.9 Å². The van der Waals surface area contributed by atoms with Crippen LogP contribution in [0, 0.1) is 11.8 Å². The predicted molar refractivity (Wildman–Crippen MR) is 120 cm³/mol. The van der Waals surface area contributed by atoms with Crippen molar-refractivity contribution in [3.8, 4) is 11.4 Å². The van der Waals surface area contributed by atoms with Crippen LogP contribution in [0.2, 0.25) is 0 Å². The van der Waals surface area contributed by atoms with Crippen molar-refractivity contribution in [2.75, 3.05) is 13.2 Å². The van der Waals surface area contributed by atoms with E-state index in [1.54, 1.807) is 16.8 Å². The lowest BCUT2D eigenvalue weighted by Gasteiger charge is -2.12. The first-order valence-corrected chi connectivity index (χ1v) is 10.8. The molecule has 1 amide bonds. The summed E-state index contributed by atoms with van der Waals surface area (Å²) in [5.74, 6) is 2.12. The third kappa shape index (κ3) is 5.71. The number of nitrogens with one attached hydrogen (secondary N) is 1. The summed E-state index contributed by atoms with van der Waals surface area (Å²) < 4.78 is 8.70. The molecule has 2 aromatic heterocycles. The Morgan fingerprint density at radius 3 is 2.55 bits per heavy atom. The second-order valence-corrected chi connectivity index (χ2v) is 8.26. The van der Waals surface area contributed by atoms with Gasteiger partial charge in [-0.15, -0.1) is 10.2 Å². The van der Waals surface area contributed by atoms with Gasteiger partial charge in [-0.2, -0.15) is 0 Å². The normalized spacial score (nSPS) is 12.3. The zero-order chi connectivity index (χ0) is 22.4. The van der Waals surface area contributed by atoms with Crippen LogP contribution in [0.1, 0.15) is 46.4 Å². The van der Waals surface area contributed by atoms with Gasteiger partial charge in [0.25, 0.3) is 0 Å². The van der Waals surface area contributed by atoms with E-state index in [9.17, 15) is 9.59 Å². The molecule has 0 unspecified atom stereocenters. The molecule has 0 fully saturated rings. The van der Waals surface area contributed by atoms with Crippen molar-refractivity contribution in [3.05, 3.63) is 52.8 Å². The SMILES string of the molecule is CCOc1ccc(-n2ccn3c(C[C@H](C)CC(=O)NCCC(C)C)nnc3c2=O)cc1. The number of ether oxygens (including phenoxy) is 1. The van der Waals surface area contributed by atoms with Crippen LogP contribution in [0.3, 0.4) is 0 Å². The highest BCUT2D eigenvalue weighted by Gasteiger charge is 2.16. The average molecular weight is 426 g/mol. The summed E-state index contributed by atoms with van der Waals surface area (Å²) in [6.45, 7) is 9.48. The number of aromatic nitrogens is 4. The Morgan fingerprint density at radius 2 is 1.87 bits per heavy atom. The summed E-state index contributed by atoms with van der Waals surface area (Å²) in [5.41, 5.74) is 0.747. The zero-order valence-corrected chi connectivity index (χ0v) is 18.7. The van der Waals surface area contributed by atoms with Crippen LogP contribution in [-0.4, -0.2) is 38.2 Å². The van der Waals surface area contributed by atoms with Crippen LogP contribution in [0.5, 0.6) is 5.75 Å². The average Bonchev–Trinajstić information content (AvgIpc) is 3.12. The van der Waals surface area contributed by atoms with Gasteiger partial charge in [0.1, 0.15) is 11.6 Å². The molecule has 0 spiro atoms. The molecule has 0 saturated heterocycles. The number of hydrogen-bond donors (Lipinski definition) is 1. The maximum atomic E-state index is 12.9. The largest absolute Gasteiger partial charge is 0.494 e. The number of benzene rings is 1. The first kappa shape index (κ1) is 22.5. The third-order valence-corrected chi connectivity index (χ3v) is 5.08. The van der Waals surface area contributed by atoms with E-state index in [0.29, 0.717) is 37.7 Å². The van der Waals surface area contributed by atoms with Crippen molar-refractivity contribution in [2.45, 2.75) is 47.0 Å². The van der Waals surface area contributed by atoms with Crippen LogP contribution in [0.15, 0.2) is 41.5 Å². The number of nitrogens with zero attached hydrogens (tertiary/aromatic N) is 4. The van der Waals surface area contributed by atoms with E-state index in [1.165, 1.54) is 4.57 Å². The molecule has 3 aromatic rings. The zero-order valence-electron chi connectivity index (χ0n) is 18.7. The van der Waals surface area contributed by atoms with Crippen LogP contribution < -0.4 is 15.6 Å². The highest BCUT2D eigenvalue weighted by molar-refractivity contribution is 5.76. The van der Waals surface area contributed by atoms with E-state index >= 15 is 0 Å². The molecule has 1 atom stereocenters. The summed E-state index contributed by atoms with van der Waals surface area (Å²) >= 11 is 0. The second-order valence-electron chi connectivity index (χ2n) is 8.26. The van der Waals surface area contributed by atoms with Crippen molar-refractivity contribution >= 4 is 11.6 Å². The molecule has 8 nitrogen and oxygen atoms in total. The van der Waals surface area contributed by atoms with Crippen LogP contribution in [-0.2, 0) is 11.2 Å². The molecule has 0 aliphatic rings. The standard InChI is InChI=1S/C23H31N5O3/c1-5-31-19-8-6-18(7-9-19)27-12-13-28-20(25-26-22(28)23(27)30)14-17(4)15-21(29)24-11-10-16(2)3/h6-9,12-13,16-17H,5,10-11,14-15H2,1-4H3,(H,24,29)/t17-/m0/s1. The number of carbonyl (C=O) groups excluding carboxylic acids is 1. The number of fused-ring (bicyclic) bond motifs is 1. The van der Waals surface area contributed by atoms with Gasteiger partial charge in [0.2, 0.25) is 11.6 Å². The Balaban J connectivity index is 1.70. The minimum absolute atomic E-state index is 0.0415. The number of hydrogen-bond acceptors (Lipinski definition) is 5. The van der Waals surface area contributed by atoms with E-state index in [-0.39, 0.29) is 23.0 Å². The van der Waals surface area contributed by atoms with Crippen molar-refractivity contribution in [1.29, 1.82) is 0 Å². The molecule has 31 heavy (non-hydrogen) atoms. The molecule has 2 heterocycles. The topological polar surface area (TPSA) is 90.5 Å². The first-order valence-electron chi connectivity index (χ1n) is 10.8. The summed E-state index contributed by atoms with van der Waals surface area (Å²) in [5, 5.41) is 11.3.